The lowest BCUT2D eigenvalue weighted by atomic mass is 10.1. The highest BCUT2D eigenvalue weighted by molar-refractivity contribution is 6.09. The van der Waals surface area contributed by atoms with Crippen LogP contribution in [0.3, 0.4) is 0 Å². The van der Waals surface area contributed by atoms with Gasteiger partial charge in [-0.25, -0.2) is 0 Å². The molecular formula is C17H15N3O2. The zero-order valence-electron chi connectivity index (χ0n) is 12.3. The molecule has 1 N–H and O–H groups in total. The highest BCUT2D eigenvalue weighted by Crippen LogP contribution is 2.20. The van der Waals surface area contributed by atoms with Gasteiger partial charge in [-0.1, -0.05) is 35.9 Å². The molecule has 0 atom stereocenters. The molecule has 0 radical (unpaired) electrons. The molecule has 3 rings (SSSR count). The third kappa shape index (κ3) is 2.26. The SMILES string of the molecule is CNC(=O)c1nn(C(=O)c2cccc(C)c2)c2ccccc12. The Morgan fingerprint density at radius 2 is 1.86 bits per heavy atom. The fraction of sp³-hybridized carbons (Fsp3) is 0.118. The molecule has 0 bridgehead atoms. The van der Waals surface area contributed by atoms with Crippen molar-refractivity contribution < 1.29 is 9.59 Å². The summed E-state index contributed by atoms with van der Waals surface area (Å²) in [5.41, 5.74) is 2.40. The van der Waals surface area contributed by atoms with Crippen molar-refractivity contribution >= 4 is 22.7 Å². The first-order valence-corrected chi connectivity index (χ1v) is 6.93. The molecule has 5 heteroatoms. The number of fused-ring (bicyclic) bond motifs is 1. The predicted molar refractivity (Wildman–Crippen MR) is 84.0 cm³/mol. The number of aromatic nitrogens is 2. The first kappa shape index (κ1) is 14.0. The topological polar surface area (TPSA) is 64.0 Å². The number of carbonyl (C=O) groups excluding carboxylic acids is 2. The van der Waals surface area contributed by atoms with Crippen LogP contribution in [0.25, 0.3) is 10.9 Å². The molecule has 0 fully saturated rings. The van der Waals surface area contributed by atoms with Crippen LogP contribution in [-0.4, -0.2) is 28.6 Å². The smallest absolute Gasteiger partial charge is 0.278 e. The second-order valence-corrected chi connectivity index (χ2v) is 5.03. The first-order chi connectivity index (χ1) is 10.6. The van der Waals surface area contributed by atoms with E-state index in [1.807, 2.05) is 31.2 Å². The van der Waals surface area contributed by atoms with Crippen molar-refractivity contribution in [3.05, 3.63) is 65.4 Å². The first-order valence-electron chi connectivity index (χ1n) is 6.93. The second-order valence-electron chi connectivity index (χ2n) is 5.03. The lowest BCUT2D eigenvalue weighted by molar-refractivity contribution is 0.0943. The van der Waals surface area contributed by atoms with Gasteiger partial charge in [-0.2, -0.15) is 9.78 Å². The van der Waals surface area contributed by atoms with Gasteiger partial charge in [-0.3, -0.25) is 9.59 Å². The molecule has 22 heavy (non-hydrogen) atoms. The van der Waals surface area contributed by atoms with Gasteiger partial charge in [0.05, 0.1) is 5.52 Å². The minimum absolute atomic E-state index is 0.249. The Morgan fingerprint density at radius 3 is 2.59 bits per heavy atom. The molecule has 0 aliphatic rings. The number of amides is 1. The number of hydrogen-bond donors (Lipinski definition) is 1. The van der Waals surface area contributed by atoms with E-state index in [9.17, 15) is 9.59 Å². The molecular weight excluding hydrogens is 278 g/mol. The Labute approximate surface area is 127 Å². The van der Waals surface area contributed by atoms with Crippen molar-refractivity contribution in [3.63, 3.8) is 0 Å². The van der Waals surface area contributed by atoms with Gasteiger partial charge in [0.1, 0.15) is 0 Å². The van der Waals surface area contributed by atoms with Crippen molar-refractivity contribution in [1.82, 2.24) is 15.1 Å². The van der Waals surface area contributed by atoms with Crippen molar-refractivity contribution in [2.75, 3.05) is 7.05 Å². The second kappa shape index (κ2) is 5.44. The maximum atomic E-state index is 12.7. The van der Waals surface area contributed by atoms with Gasteiger partial charge in [0.15, 0.2) is 5.69 Å². The zero-order valence-corrected chi connectivity index (χ0v) is 12.3. The zero-order chi connectivity index (χ0) is 15.7. The van der Waals surface area contributed by atoms with Crippen LogP contribution >= 0.6 is 0 Å². The van der Waals surface area contributed by atoms with E-state index in [2.05, 4.69) is 10.4 Å². The number of aryl methyl sites for hydroxylation is 1. The monoisotopic (exact) mass is 293 g/mol. The highest BCUT2D eigenvalue weighted by atomic mass is 16.2. The van der Waals surface area contributed by atoms with E-state index in [0.29, 0.717) is 16.5 Å². The van der Waals surface area contributed by atoms with Crippen molar-refractivity contribution in [2.45, 2.75) is 6.92 Å². The average molecular weight is 293 g/mol. The van der Waals surface area contributed by atoms with Gasteiger partial charge in [0.25, 0.3) is 11.8 Å². The predicted octanol–water partition coefficient (Wildman–Crippen LogP) is 2.39. The maximum Gasteiger partial charge on any atom is 0.278 e. The molecule has 0 aliphatic heterocycles. The number of rotatable bonds is 2. The standard InChI is InChI=1S/C17H15N3O2/c1-11-6-5-7-12(10-11)17(22)20-14-9-4-3-8-13(14)15(19-20)16(21)18-2/h3-10H,1-2H3,(H,18,21). The largest absolute Gasteiger partial charge is 0.354 e. The molecule has 0 saturated heterocycles. The molecule has 0 unspecified atom stereocenters. The number of nitrogens with one attached hydrogen (secondary N) is 1. The van der Waals surface area contributed by atoms with Crippen LogP contribution in [0.15, 0.2) is 48.5 Å². The van der Waals surface area contributed by atoms with E-state index in [1.54, 1.807) is 31.3 Å². The number of nitrogens with zero attached hydrogens (tertiary/aromatic N) is 2. The quantitative estimate of drug-likeness (QED) is 0.789. The lowest BCUT2D eigenvalue weighted by Crippen LogP contribution is -2.20. The van der Waals surface area contributed by atoms with Gasteiger partial charge in [0, 0.05) is 18.0 Å². The number of para-hydroxylation sites is 1. The lowest BCUT2D eigenvalue weighted by Gasteiger charge is -2.03. The summed E-state index contributed by atoms with van der Waals surface area (Å²) in [7, 11) is 1.54. The average Bonchev–Trinajstić information content (AvgIpc) is 2.93. The molecule has 0 saturated carbocycles. The van der Waals surface area contributed by atoms with Gasteiger partial charge >= 0.3 is 0 Å². The summed E-state index contributed by atoms with van der Waals surface area (Å²) in [5.74, 6) is -0.568. The van der Waals surface area contributed by atoms with Crippen LogP contribution in [0, 0.1) is 6.92 Å². The van der Waals surface area contributed by atoms with Crippen molar-refractivity contribution in [1.29, 1.82) is 0 Å². The van der Waals surface area contributed by atoms with Crippen LogP contribution in [0.4, 0.5) is 0 Å². The summed E-state index contributed by atoms with van der Waals surface area (Å²) >= 11 is 0. The molecule has 1 amide bonds. The van der Waals surface area contributed by atoms with Crippen LogP contribution in [0.1, 0.15) is 26.4 Å². The molecule has 1 heterocycles. The summed E-state index contributed by atoms with van der Waals surface area (Å²) in [5, 5.41) is 7.43. The van der Waals surface area contributed by atoms with Crippen molar-refractivity contribution in [3.8, 4) is 0 Å². The summed E-state index contributed by atoms with van der Waals surface area (Å²) in [6.07, 6.45) is 0. The van der Waals surface area contributed by atoms with Gasteiger partial charge < -0.3 is 5.32 Å². The van der Waals surface area contributed by atoms with E-state index in [4.69, 9.17) is 0 Å². The molecule has 3 aromatic rings. The van der Waals surface area contributed by atoms with E-state index in [-0.39, 0.29) is 17.5 Å². The number of carbonyl (C=O) groups is 2. The van der Waals surface area contributed by atoms with Crippen LogP contribution in [0.2, 0.25) is 0 Å². The molecule has 0 spiro atoms. The fourth-order valence-electron chi connectivity index (χ4n) is 2.41. The Bertz CT molecular complexity index is 880. The van der Waals surface area contributed by atoms with Gasteiger partial charge in [-0.15, -0.1) is 0 Å². The summed E-state index contributed by atoms with van der Waals surface area (Å²) in [4.78, 5) is 24.7. The normalized spacial score (nSPS) is 10.6. The Morgan fingerprint density at radius 1 is 1.09 bits per heavy atom. The molecule has 0 aliphatic carbocycles. The van der Waals surface area contributed by atoms with E-state index in [0.717, 1.165) is 5.56 Å². The molecule has 1 aromatic heterocycles. The fourth-order valence-corrected chi connectivity index (χ4v) is 2.41. The minimum Gasteiger partial charge on any atom is -0.354 e. The molecule has 5 nitrogen and oxygen atoms in total. The van der Waals surface area contributed by atoms with E-state index < -0.39 is 0 Å². The van der Waals surface area contributed by atoms with Crippen LogP contribution in [-0.2, 0) is 0 Å². The van der Waals surface area contributed by atoms with Gasteiger partial charge in [-0.05, 0) is 25.1 Å². The highest BCUT2D eigenvalue weighted by Gasteiger charge is 2.20. The van der Waals surface area contributed by atoms with Crippen LogP contribution in [0.5, 0.6) is 0 Å². The van der Waals surface area contributed by atoms with E-state index >= 15 is 0 Å². The molecule has 110 valence electrons. The maximum absolute atomic E-state index is 12.7. The van der Waals surface area contributed by atoms with Gasteiger partial charge in [0.2, 0.25) is 0 Å². The van der Waals surface area contributed by atoms with E-state index in [1.165, 1.54) is 4.68 Å². The number of hydrogen-bond acceptors (Lipinski definition) is 3. The van der Waals surface area contributed by atoms with Crippen LogP contribution < -0.4 is 5.32 Å². The third-order valence-corrected chi connectivity index (χ3v) is 3.49. The summed E-state index contributed by atoms with van der Waals surface area (Å²) in [6, 6.07) is 14.5. The Balaban J connectivity index is 2.19. The summed E-state index contributed by atoms with van der Waals surface area (Å²) in [6.45, 7) is 1.92. The Kier molecular flexibility index (Phi) is 3.47. The third-order valence-electron chi connectivity index (χ3n) is 3.49. The van der Waals surface area contributed by atoms with Crippen molar-refractivity contribution in [2.24, 2.45) is 0 Å². The molecule has 2 aromatic carbocycles. The minimum atomic E-state index is -0.313. The number of benzene rings is 2. The summed E-state index contributed by atoms with van der Waals surface area (Å²) < 4.78 is 1.29. The Hall–Kier alpha value is -2.95.